The Morgan fingerprint density at radius 3 is 2.72 bits per heavy atom. The van der Waals surface area contributed by atoms with Crippen molar-refractivity contribution in [1.82, 2.24) is 5.43 Å². The average molecular weight is 361 g/mol. The van der Waals surface area contributed by atoms with Crippen LogP contribution >= 0.6 is 11.6 Å². The molecule has 6 heteroatoms. The maximum absolute atomic E-state index is 11.7. The van der Waals surface area contributed by atoms with Gasteiger partial charge in [-0.2, -0.15) is 5.10 Å². The summed E-state index contributed by atoms with van der Waals surface area (Å²) >= 11 is 5.84. The van der Waals surface area contributed by atoms with E-state index in [0.717, 1.165) is 6.42 Å². The zero-order valence-corrected chi connectivity index (χ0v) is 15.0. The minimum absolute atomic E-state index is 0.0278. The first-order valence-electron chi connectivity index (χ1n) is 8.02. The highest BCUT2D eigenvalue weighted by Crippen LogP contribution is 2.21. The number of amides is 1. The van der Waals surface area contributed by atoms with E-state index in [2.05, 4.69) is 24.4 Å². The summed E-state index contributed by atoms with van der Waals surface area (Å²) in [4.78, 5) is 11.7. The number of rotatable bonds is 7. The normalized spacial score (nSPS) is 12.1. The summed E-state index contributed by atoms with van der Waals surface area (Å²) in [5.74, 6) is 0.747. The predicted octanol–water partition coefficient (Wildman–Crippen LogP) is 4.09. The fraction of sp³-hybridized carbons (Fsp3) is 0.263. The molecule has 0 aromatic heterocycles. The zero-order chi connectivity index (χ0) is 18.2. The molecule has 2 rings (SSSR count). The highest BCUT2D eigenvalue weighted by atomic mass is 35.5. The van der Waals surface area contributed by atoms with Crippen LogP contribution in [0, 0.1) is 0 Å². The van der Waals surface area contributed by atoms with Gasteiger partial charge in [0.25, 0.3) is 5.91 Å². The fourth-order valence-corrected chi connectivity index (χ4v) is 2.29. The van der Waals surface area contributed by atoms with Gasteiger partial charge in [0.2, 0.25) is 0 Å². The molecule has 2 aromatic rings. The smallest absolute Gasteiger partial charge is 0.277 e. The zero-order valence-electron chi connectivity index (χ0n) is 14.2. The van der Waals surface area contributed by atoms with Crippen LogP contribution in [0.3, 0.4) is 0 Å². The van der Waals surface area contributed by atoms with Crippen molar-refractivity contribution in [1.29, 1.82) is 0 Å². The monoisotopic (exact) mass is 360 g/mol. The van der Waals surface area contributed by atoms with E-state index < -0.39 is 5.91 Å². The Labute approximate surface area is 152 Å². The molecule has 0 bridgehead atoms. The lowest BCUT2D eigenvalue weighted by atomic mass is 9.99. The van der Waals surface area contributed by atoms with Gasteiger partial charge in [-0.15, -0.1) is 0 Å². The van der Waals surface area contributed by atoms with Gasteiger partial charge in [0.15, 0.2) is 6.61 Å². The summed E-state index contributed by atoms with van der Waals surface area (Å²) in [6.07, 6.45) is 2.39. The SMILES string of the molecule is CCC(C)c1ccc(OCC(=O)NN=Cc2cc(Cl)ccc2O)cc1. The van der Waals surface area contributed by atoms with Gasteiger partial charge in [-0.05, 0) is 48.2 Å². The molecule has 0 spiro atoms. The summed E-state index contributed by atoms with van der Waals surface area (Å²) in [7, 11) is 0. The standard InChI is InChI=1S/C19H21ClN2O3/c1-3-13(2)14-4-7-17(8-5-14)25-12-19(24)22-21-11-15-10-16(20)6-9-18(15)23/h4-11,13,23H,3,12H2,1-2H3,(H,22,24). The first kappa shape index (κ1) is 18.8. The summed E-state index contributed by atoms with van der Waals surface area (Å²) in [5.41, 5.74) is 3.99. The molecule has 0 radical (unpaired) electrons. The molecule has 0 aliphatic carbocycles. The second kappa shape index (κ2) is 9.08. The van der Waals surface area contributed by atoms with Gasteiger partial charge in [0, 0.05) is 10.6 Å². The van der Waals surface area contributed by atoms with Crippen molar-refractivity contribution in [3.63, 3.8) is 0 Å². The van der Waals surface area contributed by atoms with Crippen molar-refractivity contribution in [3.05, 3.63) is 58.6 Å². The van der Waals surface area contributed by atoms with Crippen LogP contribution in [0.2, 0.25) is 5.02 Å². The molecular weight excluding hydrogens is 340 g/mol. The van der Waals surface area contributed by atoms with Crippen LogP contribution in [0.5, 0.6) is 11.5 Å². The molecule has 5 nitrogen and oxygen atoms in total. The molecule has 0 saturated heterocycles. The third-order valence-electron chi connectivity index (χ3n) is 3.81. The maximum Gasteiger partial charge on any atom is 0.277 e. The molecule has 0 saturated carbocycles. The molecule has 1 atom stereocenters. The lowest BCUT2D eigenvalue weighted by Gasteiger charge is -2.10. The number of phenols is 1. The summed E-state index contributed by atoms with van der Waals surface area (Å²) in [6, 6.07) is 12.3. The van der Waals surface area contributed by atoms with E-state index in [1.54, 1.807) is 12.1 Å². The van der Waals surface area contributed by atoms with Crippen LogP contribution < -0.4 is 10.2 Å². The second-order valence-electron chi connectivity index (χ2n) is 5.66. The molecule has 2 N–H and O–H groups in total. The van der Waals surface area contributed by atoms with Crippen LogP contribution in [0.25, 0.3) is 0 Å². The number of halogens is 1. The van der Waals surface area contributed by atoms with Crippen molar-refractivity contribution in [2.45, 2.75) is 26.2 Å². The molecule has 0 heterocycles. The van der Waals surface area contributed by atoms with E-state index in [-0.39, 0.29) is 12.4 Å². The lowest BCUT2D eigenvalue weighted by Crippen LogP contribution is -2.24. The van der Waals surface area contributed by atoms with Crippen LogP contribution in [0.15, 0.2) is 47.6 Å². The van der Waals surface area contributed by atoms with Crippen molar-refractivity contribution < 1.29 is 14.6 Å². The highest BCUT2D eigenvalue weighted by molar-refractivity contribution is 6.30. The molecule has 25 heavy (non-hydrogen) atoms. The fourth-order valence-electron chi connectivity index (χ4n) is 2.11. The number of carbonyl (C=O) groups is 1. The third kappa shape index (κ3) is 5.80. The first-order chi connectivity index (χ1) is 12.0. The van der Waals surface area contributed by atoms with Gasteiger partial charge in [-0.3, -0.25) is 4.79 Å². The number of hydrogen-bond acceptors (Lipinski definition) is 4. The van der Waals surface area contributed by atoms with Gasteiger partial charge in [-0.25, -0.2) is 5.43 Å². The van der Waals surface area contributed by atoms with E-state index >= 15 is 0 Å². The number of aromatic hydroxyl groups is 1. The number of carbonyl (C=O) groups excluding carboxylic acids is 1. The summed E-state index contributed by atoms with van der Waals surface area (Å²) in [6.45, 7) is 4.16. The summed E-state index contributed by atoms with van der Waals surface area (Å²) < 4.78 is 5.43. The third-order valence-corrected chi connectivity index (χ3v) is 4.05. The molecule has 0 aliphatic rings. The second-order valence-corrected chi connectivity index (χ2v) is 6.10. The molecule has 0 aliphatic heterocycles. The number of hydrazone groups is 1. The van der Waals surface area contributed by atoms with Crippen LogP contribution in [0.1, 0.15) is 37.3 Å². The summed E-state index contributed by atoms with van der Waals surface area (Å²) in [5, 5.41) is 13.9. The number of phenolic OH excluding ortho intramolecular Hbond substituents is 1. The molecule has 2 aromatic carbocycles. The van der Waals surface area contributed by atoms with Gasteiger partial charge in [0.05, 0.1) is 6.21 Å². The van der Waals surface area contributed by atoms with Crippen molar-refractivity contribution in [2.24, 2.45) is 5.10 Å². The van der Waals surface area contributed by atoms with Gasteiger partial charge in [-0.1, -0.05) is 37.6 Å². The average Bonchev–Trinajstić information content (AvgIpc) is 2.62. The number of benzene rings is 2. The molecule has 132 valence electrons. The topological polar surface area (TPSA) is 70.9 Å². The number of nitrogens with one attached hydrogen (secondary N) is 1. The Balaban J connectivity index is 1.82. The minimum Gasteiger partial charge on any atom is -0.507 e. The Morgan fingerprint density at radius 2 is 2.04 bits per heavy atom. The van der Waals surface area contributed by atoms with Gasteiger partial charge < -0.3 is 9.84 Å². The van der Waals surface area contributed by atoms with E-state index in [0.29, 0.717) is 22.3 Å². The molecular formula is C19H21ClN2O3. The highest BCUT2D eigenvalue weighted by Gasteiger charge is 2.05. The Hall–Kier alpha value is -2.53. The maximum atomic E-state index is 11.7. The van der Waals surface area contributed by atoms with Crippen LogP contribution in [-0.4, -0.2) is 23.8 Å². The Kier molecular flexibility index (Phi) is 6.83. The van der Waals surface area contributed by atoms with Gasteiger partial charge >= 0.3 is 0 Å². The van der Waals surface area contributed by atoms with Crippen molar-refractivity contribution in [3.8, 4) is 11.5 Å². The van der Waals surface area contributed by atoms with Crippen molar-refractivity contribution >= 4 is 23.7 Å². The number of ether oxygens (including phenoxy) is 1. The Morgan fingerprint density at radius 1 is 1.32 bits per heavy atom. The van der Waals surface area contributed by atoms with E-state index in [9.17, 15) is 9.90 Å². The largest absolute Gasteiger partial charge is 0.507 e. The number of hydrogen-bond donors (Lipinski definition) is 2. The van der Waals surface area contributed by atoms with Crippen molar-refractivity contribution in [2.75, 3.05) is 6.61 Å². The molecule has 1 unspecified atom stereocenters. The lowest BCUT2D eigenvalue weighted by molar-refractivity contribution is -0.123. The van der Waals surface area contributed by atoms with E-state index in [1.807, 2.05) is 24.3 Å². The van der Waals surface area contributed by atoms with E-state index in [1.165, 1.54) is 17.8 Å². The molecule has 1 amide bonds. The minimum atomic E-state index is -0.399. The predicted molar refractivity (Wildman–Crippen MR) is 99.5 cm³/mol. The first-order valence-corrected chi connectivity index (χ1v) is 8.40. The van der Waals surface area contributed by atoms with E-state index in [4.69, 9.17) is 16.3 Å². The van der Waals surface area contributed by atoms with Crippen LogP contribution in [0.4, 0.5) is 0 Å². The van der Waals surface area contributed by atoms with Gasteiger partial charge in [0.1, 0.15) is 11.5 Å². The number of nitrogens with zero attached hydrogens (tertiary/aromatic N) is 1. The quantitative estimate of drug-likeness (QED) is 0.577. The molecule has 0 fully saturated rings. The van der Waals surface area contributed by atoms with Crippen LogP contribution in [-0.2, 0) is 4.79 Å². The Bertz CT molecular complexity index is 745.